The van der Waals surface area contributed by atoms with Gasteiger partial charge >= 0.3 is 5.97 Å². The summed E-state index contributed by atoms with van der Waals surface area (Å²) in [5, 5.41) is 11.6. The summed E-state index contributed by atoms with van der Waals surface area (Å²) in [5.74, 6) is -1.49. The molecular formula is C15H18N2O6. The van der Waals surface area contributed by atoms with Crippen molar-refractivity contribution in [3.63, 3.8) is 0 Å². The Bertz CT molecular complexity index is 603. The standard InChI is InChI=1S/C15H18N2O6/c1-22-11-4-2-3-10(7-11)14(19)16-8-13(18)17-5-6-23-9-12(17)15(20)21/h2-4,7,12H,5-6,8-9H2,1H3,(H,16,19)(H,20,21). The lowest BCUT2D eigenvalue weighted by atomic mass is 10.2. The normalized spacial score (nSPS) is 17.4. The van der Waals surface area contributed by atoms with Crippen molar-refractivity contribution in [1.29, 1.82) is 0 Å². The molecule has 1 fully saturated rings. The third-order valence-electron chi connectivity index (χ3n) is 3.47. The van der Waals surface area contributed by atoms with Crippen molar-refractivity contribution in [3.05, 3.63) is 29.8 Å². The number of rotatable bonds is 5. The van der Waals surface area contributed by atoms with Crippen LogP contribution in [-0.2, 0) is 14.3 Å². The highest BCUT2D eigenvalue weighted by atomic mass is 16.5. The van der Waals surface area contributed by atoms with Gasteiger partial charge in [-0.2, -0.15) is 0 Å². The molecule has 1 aromatic rings. The van der Waals surface area contributed by atoms with Gasteiger partial charge in [-0.1, -0.05) is 6.07 Å². The van der Waals surface area contributed by atoms with E-state index in [2.05, 4.69) is 5.32 Å². The maximum absolute atomic E-state index is 12.1. The molecule has 8 heteroatoms. The number of aliphatic carboxylic acids is 1. The van der Waals surface area contributed by atoms with Crippen LogP contribution in [0.1, 0.15) is 10.4 Å². The number of methoxy groups -OCH3 is 1. The minimum Gasteiger partial charge on any atom is -0.497 e. The number of nitrogens with one attached hydrogen (secondary N) is 1. The molecule has 8 nitrogen and oxygen atoms in total. The molecule has 1 unspecified atom stereocenters. The molecule has 2 amide bonds. The lowest BCUT2D eigenvalue weighted by Crippen LogP contribution is -2.54. The van der Waals surface area contributed by atoms with Gasteiger partial charge in [0.05, 0.1) is 26.9 Å². The van der Waals surface area contributed by atoms with Crippen molar-refractivity contribution in [2.24, 2.45) is 0 Å². The highest BCUT2D eigenvalue weighted by Crippen LogP contribution is 2.12. The Balaban J connectivity index is 1.94. The first-order valence-corrected chi connectivity index (χ1v) is 7.05. The number of carboxylic acid groups (broad SMARTS) is 1. The summed E-state index contributed by atoms with van der Waals surface area (Å²) in [4.78, 5) is 36.5. The largest absolute Gasteiger partial charge is 0.497 e. The molecule has 0 spiro atoms. The molecule has 2 N–H and O–H groups in total. The molecule has 0 bridgehead atoms. The summed E-state index contributed by atoms with van der Waals surface area (Å²) >= 11 is 0. The summed E-state index contributed by atoms with van der Waals surface area (Å²) in [5.41, 5.74) is 0.355. The van der Waals surface area contributed by atoms with Crippen molar-refractivity contribution in [2.45, 2.75) is 6.04 Å². The first-order valence-electron chi connectivity index (χ1n) is 7.05. The highest BCUT2D eigenvalue weighted by Gasteiger charge is 2.32. The number of carboxylic acids is 1. The van der Waals surface area contributed by atoms with Crippen LogP contribution in [0.5, 0.6) is 5.75 Å². The smallest absolute Gasteiger partial charge is 0.328 e. The molecule has 1 heterocycles. The molecule has 1 aliphatic heterocycles. The maximum Gasteiger partial charge on any atom is 0.328 e. The van der Waals surface area contributed by atoms with Crippen LogP contribution in [0, 0.1) is 0 Å². The molecule has 1 aromatic carbocycles. The van der Waals surface area contributed by atoms with E-state index >= 15 is 0 Å². The number of amides is 2. The molecule has 0 aliphatic carbocycles. The first-order chi connectivity index (χ1) is 11.0. The average Bonchev–Trinajstić information content (AvgIpc) is 2.59. The molecule has 124 valence electrons. The van der Waals surface area contributed by atoms with E-state index in [0.29, 0.717) is 11.3 Å². The SMILES string of the molecule is COc1cccc(C(=O)NCC(=O)N2CCOCC2C(=O)O)c1. The third-order valence-corrected chi connectivity index (χ3v) is 3.47. The van der Waals surface area contributed by atoms with Crippen molar-refractivity contribution in [2.75, 3.05) is 33.4 Å². The second kappa shape index (κ2) is 7.59. The van der Waals surface area contributed by atoms with Crippen molar-refractivity contribution in [3.8, 4) is 5.75 Å². The number of hydrogen-bond donors (Lipinski definition) is 2. The molecule has 2 rings (SSSR count). The fraction of sp³-hybridized carbons (Fsp3) is 0.400. The van der Waals surface area contributed by atoms with Crippen LogP contribution in [0.4, 0.5) is 0 Å². The monoisotopic (exact) mass is 322 g/mol. The van der Waals surface area contributed by atoms with E-state index in [1.165, 1.54) is 12.0 Å². The van der Waals surface area contributed by atoms with Gasteiger partial charge in [-0.05, 0) is 18.2 Å². The zero-order valence-electron chi connectivity index (χ0n) is 12.7. The summed E-state index contributed by atoms with van der Waals surface area (Å²) < 4.78 is 10.1. The second-order valence-corrected chi connectivity index (χ2v) is 4.93. The zero-order valence-corrected chi connectivity index (χ0v) is 12.7. The van der Waals surface area contributed by atoms with E-state index in [4.69, 9.17) is 14.6 Å². The summed E-state index contributed by atoms with van der Waals surface area (Å²) in [6.45, 7) is 0.134. The van der Waals surface area contributed by atoms with Gasteiger partial charge in [0.1, 0.15) is 5.75 Å². The summed E-state index contributed by atoms with van der Waals surface area (Å²) in [6, 6.07) is 5.49. The number of ether oxygens (including phenoxy) is 2. The minimum absolute atomic E-state index is 0.0507. The van der Waals surface area contributed by atoms with Crippen molar-refractivity contribution >= 4 is 17.8 Å². The molecule has 0 saturated carbocycles. The van der Waals surface area contributed by atoms with Crippen LogP contribution in [-0.4, -0.2) is 67.2 Å². The van der Waals surface area contributed by atoms with Crippen LogP contribution in [0.2, 0.25) is 0 Å². The Morgan fingerprint density at radius 2 is 2.22 bits per heavy atom. The Labute approximate surface area is 133 Å². The summed E-state index contributed by atoms with van der Waals surface area (Å²) in [6.07, 6.45) is 0. The van der Waals surface area contributed by atoms with Gasteiger partial charge in [0, 0.05) is 12.1 Å². The Morgan fingerprint density at radius 1 is 1.43 bits per heavy atom. The molecule has 1 atom stereocenters. The Hall–Kier alpha value is -2.61. The van der Waals surface area contributed by atoms with E-state index in [1.807, 2.05) is 0 Å². The van der Waals surface area contributed by atoms with Gasteiger partial charge in [0.25, 0.3) is 5.91 Å². The van der Waals surface area contributed by atoms with Gasteiger partial charge < -0.3 is 24.8 Å². The molecule has 1 saturated heterocycles. The quantitative estimate of drug-likeness (QED) is 0.773. The Morgan fingerprint density at radius 3 is 2.91 bits per heavy atom. The highest BCUT2D eigenvalue weighted by molar-refractivity contribution is 5.97. The predicted molar refractivity (Wildman–Crippen MR) is 79.3 cm³/mol. The van der Waals surface area contributed by atoms with Crippen molar-refractivity contribution in [1.82, 2.24) is 10.2 Å². The number of hydrogen-bond acceptors (Lipinski definition) is 5. The number of nitrogens with zero attached hydrogens (tertiary/aromatic N) is 1. The fourth-order valence-corrected chi connectivity index (χ4v) is 2.23. The first kappa shape index (κ1) is 16.8. The third kappa shape index (κ3) is 4.19. The molecule has 0 aromatic heterocycles. The van der Waals surface area contributed by atoms with E-state index in [1.54, 1.807) is 24.3 Å². The lowest BCUT2D eigenvalue weighted by Gasteiger charge is -2.32. The average molecular weight is 322 g/mol. The van der Waals surface area contributed by atoms with Gasteiger partial charge in [-0.25, -0.2) is 4.79 Å². The van der Waals surface area contributed by atoms with E-state index in [-0.39, 0.29) is 26.3 Å². The number of carbonyl (C=O) groups excluding carboxylic acids is 2. The van der Waals surface area contributed by atoms with Crippen LogP contribution in [0.25, 0.3) is 0 Å². The molecule has 1 aliphatic rings. The second-order valence-electron chi connectivity index (χ2n) is 4.93. The zero-order chi connectivity index (χ0) is 16.8. The molecule has 23 heavy (non-hydrogen) atoms. The van der Waals surface area contributed by atoms with Crippen molar-refractivity contribution < 1.29 is 29.0 Å². The van der Waals surface area contributed by atoms with E-state index in [0.717, 1.165) is 0 Å². The summed E-state index contributed by atoms with van der Waals surface area (Å²) in [7, 11) is 1.49. The predicted octanol–water partition coefficient (Wildman–Crippen LogP) is -0.263. The molecular weight excluding hydrogens is 304 g/mol. The van der Waals surface area contributed by atoms with Crippen LogP contribution < -0.4 is 10.1 Å². The topological polar surface area (TPSA) is 105 Å². The minimum atomic E-state index is -1.13. The number of carbonyl (C=O) groups is 3. The van der Waals surface area contributed by atoms with E-state index < -0.39 is 23.8 Å². The number of benzene rings is 1. The lowest BCUT2D eigenvalue weighted by molar-refractivity contribution is -0.157. The molecule has 0 radical (unpaired) electrons. The fourth-order valence-electron chi connectivity index (χ4n) is 2.23. The maximum atomic E-state index is 12.1. The van der Waals surface area contributed by atoms with Crippen LogP contribution in [0.15, 0.2) is 24.3 Å². The van der Waals surface area contributed by atoms with Crippen LogP contribution >= 0.6 is 0 Å². The van der Waals surface area contributed by atoms with E-state index in [9.17, 15) is 14.4 Å². The van der Waals surface area contributed by atoms with Gasteiger partial charge in [0.15, 0.2) is 6.04 Å². The van der Waals surface area contributed by atoms with Crippen LogP contribution in [0.3, 0.4) is 0 Å². The Kier molecular flexibility index (Phi) is 5.53. The van der Waals surface area contributed by atoms with Gasteiger partial charge in [0.2, 0.25) is 5.91 Å². The van der Waals surface area contributed by atoms with Gasteiger partial charge in [-0.3, -0.25) is 9.59 Å². The number of morpholine rings is 1. The van der Waals surface area contributed by atoms with Gasteiger partial charge in [-0.15, -0.1) is 0 Å².